The number of esters is 1. The molecular formula is C31H30N2O5. The summed E-state index contributed by atoms with van der Waals surface area (Å²) in [7, 11) is 0. The van der Waals surface area contributed by atoms with Crippen LogP contribution in [-0.2, 0) is 19.1 Å². The molecule has 4 rings (SSSR count). The van der Waals surface area contributed by atoms with Crippen LogP contribution >= 0.6 is 0 Å². The summed E-state index contributed by atoms with van der Waals surface area (Å²) in [6.07, 6.45) is 1.67. The van der Waals surface area contributed by atoms with E-state index in [4.69, 9.17) is 9.47 Å². The van der Waals surface area contributed by atoms with Crippen molar-refractivity contribution < 1.29 is 23.9 Å². The van der Waals surface area contributed by atoms with Gasteiger partial charge in [0, 0.05) is 11.4 Å². The molecule has 0 aromatic heterocycles. The molecule has 0 radical (unpaired) electrons. The molecule has 2 amide bonds. The van der Waals surface area contributed by atoms with Crippen molar-refractivity contribution in [3.63, 3.8) is 0 Å². The van der Waals surface area contributed by atoms with Gasteiger partial charge in [-0.1, -0.05) is 60.7 Å². The number of carbonyl (C=O) groups is 3. The van der Waals surface area contributed by atoms with E-state index in [0.29, 0.717) is 22.7 Å². The number of rotatable bonds is 9. The molecule has 0 fully saturated rings. The first kappa shape index (κ1) is 26.4. The Morgan fingerprint density at radius 2 is 1.58 bits per heavy atom. The van der Waals surface area contributed by atoms with Crippen molar-refractivity contribution in [2.45, 2.75) is 26.8 Å². The number of ether oxygens (including phenoxy) is 2. The average molecular weight is 511 g/mol. The van der Waals surface area contributed by atoms with Crippen molar-refractivity contribution in [1.82, 2.24) is 5.32 Å². The van der Waals surface area contributed by atoms with Crippen LogP contribution < -0.4 is 15.0 Å². The number of anilines is 1. The largest absolute Gasteiger partial charge is 0.484 e. The average Bonchev–Trinajstić information content (AvgIpc) is 3.18. The second-order valence-corrected chi connectivity index (χ2v) is 8.77. The van der Waals surface area contributed by atoms with Gasteiger partial charge in [0.15, 0.2) is 6.61 Å². The highest BCUT2D eigenvalue weighted by atomic mass is 16.5. The van der Waals surface area contributed by atoms with E-state index >= 15 is 0 Å². The standard InChI is InChI=1S/C31H30N2O5/c1-4-37-31(36)29-22(3)33(25-13-9-6-10-14-25)30(35)27(29)19-23-15-17-26(18-16-23)38-20-28(34)32-21(2)24-11-7-5-8-12-24/h5-19,21H,4,20H2,1-3H3,(H,32,34)/b27-19-/t21-/m0/s1. The highest BCUT2D eigenvalue weighted by molar-refractivity contribution is 6.23. The van der Waals surface area contributed by atoms with E-state index in [-0.39, 0.29) is 42.2 Å². The number of carbonyl (C=O) groups excluding carboxylic acids is 3. The monoisotopic (exact) mass is 510 g/mol. The summed E-state index contributed by atoms with van der Waals surface area (Å²) in [5, 5.41) is 2.91. The first-order valence-corrected chi connectivity index (χ1v) is 12.5. The Balaban J connectivity index is 1.47. The topological polar surface area (TPSA) is 84.9 Å². The summed E-state index contributed by atoms with van der Waals surface area (Å²) in [5.41, 5.74) is 3.40. The van der Waals surface area contributed by atoms with Crippen LogP contribution in [0.25, 0.3) is 6.08 Å². The van der Waals surface area contributed by atoms with Gasteiger partial charge < -0.3 is 14.8 Å². The third-order valence-corrected chi connectivity index (χ3v) is 6.13. The van der Waals surface area contributed by atoms with Gasteiger partial charge in [0.1, 0.15) is 5.75 Å². The molecule has 7 heteroatoms. The fourth-order valence-corrected chi connectivity index (χ4v) is 4.25. The number of allylic oxidation sites excluding steroid dienone is 1. The lowest BCUT2D eigenvalue weighted by molar-refractivity contribution is -0.138. The van der Waals surface area contributed by atoms with Crippen LogP contribution in [0.4, 0.5) is 5.69 Å². The number of benzene rings is 3. The molecule has 0 spiro atoms. The molecule has 3 aromatic carbocycles. The molecule has 0 bridgehead atoms. The molecule has 7 nitrogen and oxygen atoms in total. The number of para-hydroxylation sites is 1. The maximum atomic E-state index is 13.4. The summed E-state index contributed by atoms with van der Waals surface area (Å²) in [6, 6.07) is 25.7. The van der Waals surface area contributed by atoms with Crippen molar-refractivity contribution >= 4 is 29.5 Å². The second-order valence-electron chi connectivity index (χ2n) is 8.77. The van der Waals surface area contributed by atoms with E-state index in [1.165, 1.54) is 4.90 Å². The molecule has 0 unspecified atom stereocenters. The lowest BCUT2D eigenvalue weighted by Crippen LogP contribution is -2.31. The van der Waals surface area contributed by atoms with Gasteiger partial charge in [-0.2, -0.15) is 0 Å². The molecule has 1 N–H and O–H groups in total. The molecule has 1 aliphatic heterocycles. The Bertz CT molecular complexity index is 1360. The van der Waals surface area contributed by atoms with Crippen LogP contribution in [-0.4, -0.2) is 31.0 Å². The highest BCUT2D eigenvalue weighted by Gasteiger charge is 2.38. The smallest absolute Gasteiger partial charge is 0.340 e. The Morgan fingerprint density at radius 3 is 2.21 bits per heavy atom. The zero-order valence-electron chi connectivity index (χ0n) is 21.6. The second kappa shape index (κ2) is 12.1. The number of nitrogens with one attached hydrogen (secondary N) is 1. The zero-order chi connectivity index (χ0) is 27.1. The lowest BCUT2D eigenvalue weighted by Gasteiger charge is -2.17. The van der Waals surface area contributed by atoms with E-state index in [2.05, 4.69) is 5.32 Å². The van der Waals surface area contributed by atoms with Crippen LogP contribution in [0.3, 0.4) is 0 Å². The van der Waals surface area contributed by atoms with Crippen LogP contribution in [0.5, 0.6) is 5.75 Å². The Labute approximate surface area is 222 Å². The van der Waals surface area contributed by atoms with E-state index < -0.39 is 5.97 Å². The maximum absolute atomic E-state index is 13.4. The summed E-state index contributed by atoms with van der Waals surface area (Å²) >= 11 is 0. The van der Waals surface area contributed by atoms with E-state index in [1.54, 1.807) is 44.2 Å². The predicted octanol–water partition coefficient (Wildman–Crippen LogP) is 5.21. The van der Waals surface area contributed by atoms with Crippen LogP contribution in [0.1, 0.15) is 37.9 Å². The summed E-state index contributed by atoms with van der Waals surface area (Å²) in [4.78, 5) is 40.1. The quantitative estimate of drug-likeness (QED) is 0.316. The maximum Gasteiger partial charge on any atom is 0.340 e. The van der Waals surface area contributed by atoms with Gasteiger partial charge >= 0.3 is 5.97 Å². The molecule has 0 saturated carbocycles. The van der Waals surface area contributed by atoms with Crippen molar-refractivity contribution in [1.29, 1.82) is 0 Å². The van der Waals surface area contributed by atoms with E-state index in [9.17, 15) is 14.4 Å². The molecule has 0 aliphatic carbocycles. The molecule has 38 heavy (non-hydrogen) atoms. The Hall–Kier alpha value is -4.65. The van der Waals surface area contributed by atoms with E-state index in [1.807, 2.05) is 67.6 Å². The lowest BCUT2D eigenvalue weighted by atomic mass is 10.0. The van der Waals surface area contributed by atoms with Gasteiger partial charge in [-0.3, -0.25) is 14.5 Å². The van der Waals surface area contributed by atoms with Crippen LogP contribution in [0.2, 0.25) is 0 Å². The summed E-state index contributed by atoms with van der Waals surface area (Å²) in [6.45, 7) is 5.45. The first-order chi connectivity index (χ1) is 18.4. The number of hydrogen-bond acceptors (Lipinski definition) is 5. The third kappa shape index (κ3) is 6.00. The predicted molar refractivity (Wildman–Crippen MR) is 146 cm³/mol. The minimum Gasteiger partial charge on any atom is -0.484 e. The van der Waals surface area contributed by atoms with Gasteiger partial charge in [0.05, 0.1) is 23.8 Å². The minimum absolute atomic E-state index is 0.128. The molecule has 194 valence electrons. The van der Waals surface area contributed by atoms with E-state index in [0.717, 1.165) is 5.56 Å². The van der Waals surface area contributed by atoms with Gasteiger partial charge in [-0.25, -0.2) is 4.79 Å². The van der Waals surface area contributed by atoms with Gasteiger partial charge in [-0.05, 0) is 62.2 Å². The fraction of sp³-hybridized carbons (Fsp3) is 0.194. The van der Waals surface area contributed by atoms with Crippen LogP contribution in [0.15, 0.2) is 102 Å². The van der Waals surface area contributed by atoms with Crippen molar-refractivity contribution in [2.24, 2.45) is 0 Å². The normalized spacial score (nSPS) is 15.0. The molecule has 1 atom stereocenters. The van der Waals surface area contributed by atoms with Crippen molar-refractivity contribution in [3.8, 4) is 5.75 Å². The van der Waals surface area contributed by atoms with Crippen LogP contribution in [0, 0.1) is 0 Å². The summed E-state index contributed by atoms with van der Waals surface area (Å²) in [5.74, 6) is -0.569. The zero-order valence-corrected chi connectivity index (χ0v) is 21.6. The Kier molecular flexibility index (Phi) is 8.38. The number of nitrogens with zero attached hydrogens (tertiary/aromatic N) is 1. The molecule has 1 heterocycles. The number of hydrogen-bond donors (Lipinski definition) is 1. The van der Waals surface area contributed by atoms with Gasteiger partial charge in [-0.15, -0.1) is 0 Å². The third-order valence-electron chi connectivity index (χ3n) is 6.13. The molecule has 1 aliphatic rings. The SMILES string of the molecule is CCOC(=O)C1=C(C)N(c2ccccc2)C(=O)/C1=C\c1ccc(OCC(=O)N[C@@H](C)c2ccccc2)cc1. The van der Waals surface area contributed by atoms with Gasteiger partial charge in [0.2, 0.25) is 0 Å². The first-order valence-electron chi connectivity index (χ1n) is 12.5. The number of amides is 2. The molecular weight excluding hydrogens is 480 g/mol. The summed E-state index contributed by atoms with van der Waals surface area (Å²) < 4.78 is 10.9. The highest BCUT2D eigenvalue weighted by Crippen LogP contribution is 2.35. The molecule has 3 aromatic rings. The van der Waals surface area contributed by atoms with Crippen molar-refractivity contribution in [2.75, 3.05) is 18.1 Å². The van der Waals surface area contributed by atoms with Crippen molar-refractivity contribution in [3.05, 3.63) is 113 Å². The molecule has 0 saturated heterocycles. The Morgan fingerprint density at radius 1 is 0.947 bits per heavy atom. The fourth-order valence-electron chi connectivity index (χ4n) is 4.25. The van der Waals surface area contributed by atoms with Gasteiger partial charge in [0.25, 0.3) is 11.8 Å². The minimum atomic E-state index is -0.543.